The first-order valence-corrected chi connectivity index (χ1v) is 14.3. The fourth-order valence-corrected chi connectivity index (χ4v) is 5.63. The van der Waals surface area contributed by atoms with E-state index in [0.29, 0.717) is 52.8 Å². The normalized spacial score (nSPS) is 18.5. The van der Waals surface area contributed by atoms with E-state index in [-0.39, 0.29) is 12.6 Å². The molecule has 1 amide bonds. The zero-order valence-corrected chi connectivity index (χ0v) is 24.6. The lowest BCUT2D eigenvalue weighted by atomic mass is 9.96. The van der Waals surface area contributed by atoms with Crippen molar-refractivity contribution in [2.45, 2.75) is 50.8 Å². The number of nitrogens with one attached hydrogen (secondary N) is 1. The summed E-state index contributed by atoms with van der Waals surface area (Å²) in [6.07, 6.45) is -9.53. The van der Waals surface area contributed by atoms with Gasteiger partial charge in [-0.15, -0.1) is 0 Å². The number of alkyl halides is 6. The zero-order chi connectivity index (χ0) is 32.8. The van der Waals surface area contributed by atoms with Gasteiger partial charge in [-0.3, -0.25) is 10.00 Å². The molecule has 15 heteroatoms. The summed E-state index contributed by atoms with van der Waals surface area (Å²) < 4.78 is 92.6. The number of ether oxygens (including phenoxy) is 2. The Bertz CT molecular complexity index is 1710. The second-order valence-electron chi connectivity index (χ2n) is 11.2. The van der Waals surface area contributed by atoms with Crippen molar-refractivity contribution in [1.82, 2.24) is 25.1 Å². The minimum atomic E-state index is -5.04. The number of aromatic amines is 1. The average Bonchev–Trinajstić information content (AvgIpc) is 3.59. The number of benzene rings is 2. The maximum absolute atomic E-state index is 13.6. The molecule has 9 nitrogen and oxygen atoms in total. The SMILES string of the molecule is COc1ccc(Cc2ncn[nH]2)cc1-c1ccc(N2CCC2)nc1CN1C(=O)OC(c2cc(C(F)(F)F)cc(C(F)(F)F)c2)C1C. The number of halogens is 6. The molecule has 1 N–H and O–H groups in total. The number of amides is 1. The fourth-order valence-electron chi connectivity index (χ4n) is 5.63. The third-order valence-corrected chi connectivity index (χ3v) is 8.18. The Morgan fingerprint density at radius 2 is 1.70 bits per heavy atom. The minimum absolute atomic E-state index is 0.0457. The Labute approximate surface area is 259 Å². The number of nitrogens with zero attached hydrogens (tertiary/aromatic N) is 5. The molecular formula is C31H28F6N6O3. The number of cyclic esters (lactones) is 1. The van der Waals surface area contributed by atoms with Crippen LogP contribution in [0.25, 0.3) is 11.1 Å². The van der Waals surface area contributed by atoms with Gasteiger partial charge in [-0.1, -0.05) is 6.07 Å². The fraction of sp³-hybridized carbons (Fsp3) is 0.355. The van der Waals surface area contributed by atoms with Gasteiger partial charge < -0.3 is 14.4 Å². The van der Waals surface area contributed by atoms with Gasteiger partial charge in [-0.25, -0.2) is 14.8 Å². The third kappa shape index (κ3) is 6.17. The number of aromatic nitrogens is 4. The number of methoxy groups -OCH3 is 1. The summed E-state index contributed by atoms with van der Waals surface area (Å²) in [6, 6.07) is 9.58. The minimum Gasteiger partial charge on any atom is -0.496 e. The van der Waals surface area contributed by atoms with Gasteiger partial charge in [0.05, 0.1) is 36.5 Å². The van der Waals surface area contributed by atoms with E-state index in [4.69, 9.17) is 14.5 Å². The van der Waals surface area contributed by atoms with Crippen molar-refractivity contribution < 1.29 is 40.6 Å². The van der Waals surface area contributed by atoms with Crippen molar-refractivity contribution in [2.75, 3.05) is 25.1 Å². The molecule has 2 fully saturated rings. The van der Waals surface area contributed by atoms with E-state index in [1.807, 2.05) is 24.3 Å². The van der Waals surface area contributed by atoms with Crippen molar-refractivity contribution in [3.05, 3.63) is 88.6 Å². The molecule has 2 aliphatic heterocycles. The Balaban J connectivity index is 1.37. The van der Waals surface area contributed by atoms with Crippen molar-refractivity contribution in [1.29, 1.82) is 0 Å². The molecule has 0 bridgehead atoms. The molecule has 2 unspecified atom stereocenters. The number of hydrogen-bond acceptors (Lipinski definition) is 7. The standard InChI is InChI=1S/C31H28F6N6O3/c1-17-28(19-12-20(30(32,33)34)14-21(13-19)31(35,36)37)46-29(44)43(17)15-24-22(5-7-27(40-24)42-8-3-9-42)23-10-18(4-6-25(23)45-2)11-26-38-16-39-41-26/h4-7,10,12-14,16-17,28H,3,8-9,11,15H2,1-2H3,(H,38,39,41). The van der Waals surface area contributed by atoms with Crippen LogP contribution in [-0.2, 0) is 30.1 Å². The largest absolute Gasteiger partial charge is 0.496 e. The molecule has 0 spiro atoms. The molecule has 0 saturated carbocycles. The lowest BCUT2D eigenvalue weighted by Crippen LogP contribution is -2.38. The second kappa shape index (κ2) is 11.8. The van der Waals surface area contributed by atoms with Crippen LogP contribution in [0.15, 0.2) is 54.9 Å². The van der Waals surface area contributed by atoms with E-state index >= 15 is 0 Å². The van der Waals surface area contributed by atoms with E-state index in [0.717, 1.165) is 25.1 Å². The highest BCUT2D eigenvalue weighted by Gasteiger charge is 2.43. The summed E-state index contributed by atoms with van der Waals surface area (Å²) in [6.45, 7) is 2.97. The van der Waals surface area contributed by atoms with Gasteiger partial charge in [0.25, 0.3) is 0 Å². The van der Waals surface area contributed by atoms with Crippen molar-refractivity contribution in [3.8, 4) is 16.9 Å². The monoisotopic (exact) mass is 646 g/mol. The van der Waals surface area contributed by atoms with Crippen LogP contribution in [0.4, 0.5) is 37.0 Å². The number of hydrogen-bond donors (Lipinski definition) is 1. The van der Waals surface area contributed by atoms with Crippen molar-refractivity contribution in [3.63, 3.8) is 0 Å². The number of rotatable bonds is 8. The van der Waals surface area contributed by atoms with Crippen LogP contribution in [0.2, 0.25) is 0 Å². The molecule has 2 aromatic carbocycles. The van der Waals surface area contributed by atoms with Crippen LogP contribution < -0.4 is 9.64 Å². The topological polar surface area (TPSA) is 96.5 Å². The quantitative estimate of drug-likeness (QED) is 0.211. The number of anilines is 1. The Morgan fingerprint density at radius 1 is 0.978 bits per heavy atom. The van der Waals surface area contributed by atoms with Crippen molar-refractivity contribution >= 4 is 11.9 Å². The molecule has 46 heavy (non-hydrogen) atoms. The summed E-state index contributed by atoms with van der Waals surface area (Å²) >= 11 is 0. The highest BCUT2D eigenvalue weighted by Crippen LogP contribution is 2.42. The molecule has 2 atom stereocenters. The third-order valence-electron chi connectivity index (χ3n) is 8.18. The van der Waals surface area contributed by atoms with Crippen LogP contribution in [0.3, 0.4) is 0 Å². The molecule has 2 saturated heterocycles. The van der Waals surface area contributed by atoms with Gasteiger partial charge in [0.2, 0.25) is 0 Å². The first kappa shape index (κ1) is 31.2. The van der Waals surface area contributed by atoms with Crippen LogP contribution in [0.5, 0.6) is 5.75 Å². The van der Waals surface area contributed by atoms with Crippen LogP contribution in [-0.4, -0.2) is 57.4 Å². The molecule has 6 rings (SSSR count). The predicted molar refractivity (Wildman–Crippen MR) is 153 cm³/mol. The Hall–Kier alpha value is -4.82. The lowest BCUT2D eigenvalue weighted by molar-refractivity contribution is -0.143. The van der Waals surface area contributed by atoms with Gasteiger partial charge in [0, 0.05) is 30.6 Å². The predicted octanol–water partition coefficient (Wildman–Crippen LogP) is 6.80. The van der Waals surface area contributed by atoms with Crippen LogP contribution in [0, 0.1) is 0 Å². The zero-order valence-electron chi connectivity index (χ0n) is 24.6. The first-order chi connectivity index (χ1) is 21.8. The van der Waals surface area contributed by atoms with Gasteiger partial charge >= 0.3 is 18.4 Å². The van der Waals surface area contributed by atoms with Crippen LogP contribution >= 0.6 is 0 Å². The lowest BCUT2D eigenvalue weighted by Gasteiger charge is -2.33. The molecule has 0 aliphatic carbocycles. The van der Waals surface area contributed by atoms with E-state index in [9.17, 15) is 31.1 Å². The van der Waals surface area contributed by atoms with E-state index in [1.165, 1.54) is 25.3 Å². The molecule has 4 heterocycles. The first-order valence-electron chi connectivity index (χ1n) is 14.3. The summed E-state index contributed by atoms with van der Waals surface area (Å²) in [5.41, 5.74) is -0.753. The Morgan fingerprint density at radius 3 is 2.28 bits per heavy atom. The molecule has 242 valence electrons. The van der Waals surface area contributed by atoms with Crippen LogP contribution in [0.1, 0.15) is 53.2 Å². The smallest absolute Gasteiger partial charge is 0.416 e. The Kier molecular flexibility index (Phi) is 8.02. The highest BCUT2D eigenvalue weighted by atomic mass is 19.4. The van der Waals surface area contributed by atoms with Gasteiger partial charge in [0.1, 0.15) is 29.8 Å². The summed E-state index contributed by atoms with van der Waals surface area (Å²) in [7, 11) is 1.52. The average molecular weight is 647 g/mol. The van der Waals surface area contributed by atoms with Gasteiger partial charge in [-0.05, 0) is 66.9 Å². The maximum atomic E-state index is 13.6. The van der Waals surface area contributed by atoms with Crippen molar-refractivity contribution in [2.24, 2.45) is 0 Å². The number of carbonyl (C=O) groups is 1. The second-order valence-corrected chi connectivity index (χ2v) is 11.2. The number of carbonyl (C=O) groups excluding carboxylic acids is 1. The molecular weight excluding hydrogens is 618 g/mol. The highest BCUT2D eigenvalue weighted by molar-refractivity contribution is 5.76. The summed E-state index contributed by atoms with van der Waals surface area (Å²) in [5, 5.41) is 6.71. The van der Waals surface area contributed by atoms with E-state index in [2.05, 4.69) is 20.1 Å². The molecule has 2 aliphatic rings. The van der Waals surface area contributed by atoms with Gasteiger partial charge in [0.15, 0.2) is 0 Å². The number of pyridine rings is 1. The van der Waals surface area contributed by atoms with Gasteiger partial charge in [-0.2, -0.15) is 31.4 Å². The number of H-pyrrole nitrogens is 1. The maximum Gasteiger partial charge on any atom is 0.416 e. The summed E-state index contributed by atoms with van der Waals surface area (Å²) in [5.74, 6) is 1.84. The van der Waals surface area contributed by atoms with E-state index in [1.54, 1.807) is 6.07 Å². The molecule has 0 radical (unpaired) electrons. The molecule has 2 aromatic heterocycles. The van der Waals surface area contributed by atoms with E-state index < -0.39 is 47.3 Å². The molecule has 4 aromatic rings. The summed E-state index contributed by atoms with van der Waals surface area (Å²) in [4.78, 5) is 25.6.